The lowest BCUT2D eigenvalue weighted by molar-refractivity contribution is -0.123. The fourth-order valence-electron chi connectivity index (χ4n) is 4.56. The van der Waals surface area contributed by atoms with Gasteiger partial charge in [-0.3, -0.25) is 19.3 Å². The van der Waals surface area contributed by atoms with Crippen LogP contribution in [-0.2, 0) is 4.79 Å². The predicted octanol–water partition coefficient (Wildman–Crippen LogP) is 4.98. The van der Waals surface area contributed by atoms with E-state index in [1.54, 1.807) is 20.8 Å². The van der Waals surface area contributed by atoms with Gasteiger partial charge in [0.2, 0.25) is 5.91 Å². The molecule has 3 aromatic rings. The summed E-state index contributed by atoms with van der Waals surface area (Å²) in [7, 11) is 0. The van der Waals surface area contributed by atoms with Crippen molar-refractivity contribution in [3.63, 3.8) is 0 Å². The van der Waals surface area contributed by atoms with Gasteiger partial charge in [-0.25, -0.2) is 8.78 Å². The smallest absolute Gasteiger partial charge is 0.273 e. The Morgan fingerprint density at radius 3 is 2.33 bits per heavy atom. The molecule has 4 rings (SSSR count). The Morgan fingerprint density at radius 1 is 1.05 bits per heavy atom. The molecule has 1 saturated carbocycles. The highest BCUT2D eigenvalue weighted by Crippen LogP contribution is 2.34. The number of amides is 3. The number of rotatable bonds is 7. The summed E-state index contributed by atoms with van der Waals surface area (Å²) in [5, 5.41) is 5.76. The van der Waals surface area contributed by atoms with Crippen LogP contribution in [0.15, 0.2) is 48.5 Å². The van der Waals surface area contributed by atoms with Crippen molar-refractivity contribution in [3.8, 4) is 0 Å². The Morgan fingerprint density at radius 2 is 1.72 bits per heavy atom. The molecule has 3 amide bonds. The van der Waals surface area contributed by atoms with E-state index < -0.39 is 40.9 Å². The molecule has 0 radical (unpaired) electrons. The van der Waals surface area contributed by atoms with Gasteiger partial charge in [0, 0.05) is 17.3 Å². The molecule has 0 aliphatic heterocycles. The molecule has 1 aliphatic carbocycles. The van der Waals surface area contributed by atoms with Gasteiger partial charge in [-0.2, -0.15) is 4.37 Å². The van der Waals surface area contributed by atoms with E-state index in [0.29, 0.717) is 0 Å². The van der Waals surface area contributed by atoms with Crippen LogP contribution in [0.2, 0.25) is 0 Å². The van der Waals surface area contributed by atoms with Gasteiger partial charge in [-0.05, 0) is 81.0 Å². The van der Waals surface area contributed by atoms with Crippen molar-refractivity contribution < 1.29 is 23.2 Å². The molecule has 11 heteroatoms. The van der Waals surface area contributed by atoms with Crippen LogP contribution >= 0.6 is 11.5 Å². The Kier molecular flexibility index (Phi) is 8.29. The standard InChI is InChI=1S/C28H31F2N5O3S/c1-28(2,3)33-26(37)23(16-11-13-17(29)14-12-16)35(20-10-6-7-18(30)15-20)27(38)24-21(31)22(34-39-24)25(36)32-19-8-4-5-9-19/h6-7,10-15,19,23H,4-5,8-9,31H2,1-3H3,(H,32,36)(H,33,37)/t23-/m1/s1. The first-order chi connectivity index (χ1) is 18.4. The summed E-state index contributed by atoms with van der Waals surface area (Å²) in [4.78, 5) is 41.7. The molecule has 1 heterocycles. The summed E-state index contributed by atoms with van der Waals surface area (Å²) in [5.74, 6) is -2.97. The molecule has 4 N–H and O–H groups in total. The molecule has 0 saturated heterocycles. The van der Waals surface area contributed by atoms with Gasteiger partial charge in [-0.15, -0.1) is 0 Å². The second-order valence-electron chi connectivity index (χ2n) is 10.6. The number of carbonyl (C=O) groups excluding carboxylic acids is 3. The summed E-state index contributed by atoms with van der Waals surface area (Å²) >= 11 is 0.725. The topological polar surface area (TPSA) is 117 Å². The first kappa shape index (κ1) is 28.2. The number of carbonyl (C=O) groups is 3. The molecular weight excluding hydrogens is 524 g/mol. The first-order valence-electron chi connectivity index (χ1n) is 12.7. The van der Waals surface area contributed by atoms with E-state index in [1.165, 1.54) is 42.5 Å². The fourth-order valence-corrected chi connectivity index (χ4v) is 5.29. The summed E-state index contributed by atoms with van der Waals surface area (Å²) in [5.41, 5.74) is 5.75. The Hall–Kier alpha value is -3.86. The fraction of sp³-hybridized carbons (Fsp3) is 0.357. The number of halogens is 2. The van der Waals surface area contributed by atoms with E-state index in [2.05, 4.69) is 15.0 Å². The van der Waals surface area contributed by atoms with E-state index in [1.807, 2.05) is 0 Å². The molecule has 206 valence electrons. The Labute approximate surface area is 229 Å². The molecule has 8 nitrogen and oxygen atoms in total. The van der Waals surface area contributed by atoms with E-state index in [-0.39, 0.29) is 33.6 Å². The number of nitrogens with one attached hydrogen (secondary N) is 2. The number of anilines is 2. The molecule has 1 aliphatic rings. The second kappa shape index (κ2) is 11.5. The zero-order chi connectivity index (χ0) is 28.3. The first-order valence-corrected chi connectivity index (χ1v) is 13.4. The third-order valence-corrected chi connectivity index (χ3v) is 7.17. The van der Waals surface area contributed by atoms with Crippen LogP contribution in [0, 0.1) is 11.6 Å². The van der Waals surface area contributed by atoms with Gasteiger partial charge in [0.05, 0.1) is 5.69 Å². The number of benzene rings is 2. The number of nitrogens with zero attached hydrogens (tertiary/aromatic N) is 2. The van der Waals surface area contributed by atoms with Crippen molar-refractivity contribution in [1.82, 2.24) is 15.0 Å². The summed E-state index contributed by atoms with van der Waals surface area (Å²) in [6.45, 7) is 5.33. The highest BCUT2D eigenvalue weighted by molar-refractivity contribution is 7.09. The van der Waals surface area contributed by atoms with Crippen molar-refractivity contribution in [2.45, 2.75) is 64.1 Å². The van der Waals surface area contributed by atoms with Crippen molar-refractivity contribution in [1.29, 1.82) is 0 Å². The summed E-state index contributed by atoms with van der Waals surface area (Å²) < 4.78 is 32.4. The number of hydrogen-bond donors (Lipinski definition) is 3. The number of nitrogens with two attached hydrogens (primary N) is 1. The molecule has 0 bridgehead atoms. The van der Waals surface area contributed by atoms with Crippen LogP contribution in [0.25, 0.3) is 0 Å². The van der Waals surface area contributed by atoms with Crippen molar-refractivity contribution in [2.24, 2.45) is 0 Å². The van der Waals surface area contributed by atoms with Crippen LogP contribution in [0.3, 0.4) is 0 Å². The summed E-state index contributed by atoms with van der Waals surface area (Å²) in [6.07, 6.45) is 3.75. The SMILES string of the molecule is CC(C)(C)NC(=O)[C@@H](c1ccc(F)cc1)N(C(=O)c1snc(C(=O)NC2CCCC2)c1N)c1cccc(F)c1. The molecule has 1 atom stereocenters. The third-order valence-electron chi connectivity index (χ3n) is 6.32. The zero-order valence-electron chi connectivity index (χ0n) is 22.0. The maximum atomic E-state index is 14.4. The van der Waals surface area contributed by atoms with Gasteiger partial charge in [-0.1, -0.05) is 31.0 Å². The predicted molar refractivity (Wildman–Crippen MR) is 146 cm³/mol. The average Bonchev–Trinajstić information content (AvgIpc) is 3.51. The van der Waals surface area contributed by atoms with Crippen molar-refractivity contribution in [2.75, 3.05) is 10.6 Å². The molecule has 0 spiro atoms. The van der Waals surface area contributed by atoms with Crippen molar-refractivity contribution in [3.05, 3.63) is 76.3 Å². The minimum atomic E-state index is -1.32. The van der Waals surface area contributed by atoms with E-state index in [9.17, 15) is 23.2 Å². The highest BCUT2D eigenvalue weighted by atomic mass is 32.1. The van der Waals surface area contributed by atoms with Crippen LogP contribution in [-0.4, -0.2) is 33.7 Å². The number of aromatic nitrogens is 1. The Bertz CT molecular complexity index is 1360. The van der Waals surface area contributed by atoms with E-state index in [4.69, 9.17) is 5.73 Å². The Balaban J connectivity index is 1.79. The normalized spacial score (nSPS) is 14.6. The lowest BCUT2D eigenvalue weighted by Gasteiger charge is -2.33. The van der Waals surface area contributed by atoms with E-state index >= 15 is 0 Å². The molecule has 2 aromatic carbocycles. The van der Waals surface area contributed by atoms with Crippen LogP contribution in [0.5, 0.6) is 0 Å². The molecule has 0 unspecified atom stereocenters. The lowest BCUT2D eigenvalue weighted by atomic mass is 10.0. The van der Waals surface area contributed by atoms with E-state index in [0.717, 1.165) is 48.2 Å². The maximum Gasteiger partial charge on any atom is 0.273 e. The highest BCUT2D eigenvalue weighted by Gasteiger charge is 2.37. The van der Waals surface area contributed by atoms with Gasteiger partial charge in [0.1, 0.15) is 22.6 Å². The number of nitrogen functional groups attached to an aromatic ring is 1. The molecule has 1 aromatic heterocycles. The monoisotopic (exact) mass is 555 g/mol. The van der Waals surface area contributed by atoms with Gasteiger partial charge < -0.3 is 16.4 Å². The quantitative estimate of drug-likeness (QED) is 0.380. The number of hydrogen-bond acceptors (Lipinski definition) is 6. The molecular formula is C28H31F2N5O3S. The molecule has 39 heavy (non-hydrogen) atoms. The van der Waals surface area contributed by atoms with Crippen molar-refractivity contribution >= 4 is 40.6 Å². The van der Waals surface area contributed by atoms with Gasteiger partial charge in [0.15, 0.2) is 5.69 Å². The lowest BCUT2D eigenvalue weighted by Crippen LogP contribution is -2.49. The second-order valence-corrected chi connectivity index (χ2v) is 11.4. The van der Waals surface area contributed by atoms with Crippen LogP contribution in [0.4, 0.5) is 20.2 Å². The van der Waals surface area contributed by atoms with Crippen LogP contribution in [0.1, 0.15) is 78.2 Å². The van der Waals surface area contributed by atoms with Gasteiger partial charge in [0.25, 0.3) is 11.8 Å². The third kappa shape index (κ3) is 6.59. The molecule has 1 fully saturated rings. The minimum absolute atomic E-state index is 0.0190. The summed E-state index contributed by atoms with van der Waals surface area (Å²) in [6, 6.07) is 9.03. The minimum Gasteiger partial charge on any atom is -0.395 e. The zero-order valence-corrected chi connectivity index (χ0v) is 22.8. The van der Waals surface area contributed by atoms with Gasteiger partial charge >= 0.3 is 0 Å². The van der Waals surface area contributed by atoms with Crippen LogP contribution < -0.4 is 21.3 Å². The maximum absolute atomic E-state index is 14.4. The largest absolute Gasteiger partial charge is 0.395 e. The average molecular weight is 556 g/mol.